The SMILES string of the molecule is CC(=O)N[C@@H]1[C@H](O[Si](C(C)C)(C(C)C)C(C)C)O[C@H](CO)[C@H](O)[C@@H]1C[C@H]1O[C@H](CO)[C@@H](O)[C@H](O)[C@@H]1O. The third kappa shape index (κ3) is 6.30. The second-order valence-electron chi connectivity index (χ2n) is 11.1. The lowest BCUT2D eigenvalue weighted by Crippen LogP contribution is -2.66. The van der Waals surface area contributed by atoms with Gasteiger partial charge in [0.25, 0.3) is 0 Å². The number of nitrogens with one attached hydrogen (secondary N) is 1. The minimum Gasteiger partial charge on any atom is -0.394 e. The smallest absolute Gasteiger partial charge is 0.217 e. The lowest BCUT2D eigenvalue weighted by atomic mass is 9.80. The van der Waals surface area contributed by atoms with Crippen molar-refractivity contribution in [3.63, 3.8) is 0 Å². The van der Waals surface area contributed by atoms with Crippen LogP contribution in [0.5, 0.6) is 0 Å². The van der Waals surface area contributed by atoms with Crippen molar-refractivity contribution in [2.75, 3.05) is 13.2 Å². The van der Waals surface area contributed by atoms with E-state index >= 15 is 0 Å². The highest BCUT2D eigenvalue weighted by Crippen LogP contribution is 2.45. The summed E-state index contributed by atoms with van der Waals surface area (Å²) >= 11 is 0. The fourth-order valence-electron chi connectivity index (χ4n) is 6.23. The van der Waals surface area contributed by atoms with E-state index in [1.54, 1.807) is 0 Å². The molecule has 2 rings (SSSR count). The van der Waals surface area contributed by atoms with Crippen molar-refractivity contribution >= 4 is 14.2 Å². The van der Waals surface area contributed by atoms with E-state index in [1.807, 2.05) is 0 Å². The second kappa shape index (κ2) is 12.9. The van der Waals surface area contributed by atoms with Gasteiger partial charge in [0.15, 0.2) is 6.29 Å². The van der Waals surface area contributed by atoms with Gasteiger partial charge in [-0.05, 0) is 23.0 Å². The predicted octanol–water partition coefficient (Wildman–Crippen LogP) is -0.390. The Kier molecular flexibility index (Phi) is 11.3. The lowest BCUT2D eigenvalue weighted by molar-refractivity contribution is -0.258. The largest absolute Gasteiger partial charge is 0.394 e. The van der Waals surface area contributed by atoms with Crippen LogP contribution in [0.25, 0.3) is 0 Å². The van der Waals surface area contributed by atoms with Crippen molar-refractivity contribution in [1.29, 1.82) is 0 Å². The van der Waals surface area contributed by atoms with Crippen LogP contribution in [-0.4, -0.2) is 113 Å². The summed E-state index contributed by atoms with van der Waals surface area (Å²) in [6, 6.07) is -0.851. The molecular weight excluding hydrogens is 490 g/mol. The summed E-state index contributed by atoms with van der Waals surface area (Å²) < 4.78 is 18.6. The van der Waals surface area contributed by atoms with Gasteiger partial charge in [-0.3, -0.25) is 4.79 Å². The summed E-state index contributed by atoms with van der Waals surface area (Å²) in [5.41, 5.74) is 0.590. The van der Waals surface area contributed by atoms with E-state index < -0.39 is 82.5 Å². The van der Waals surface area contributed by atoms with E-state index in [1.165, 1.54) is 6.92 Å². The van der Waals surface area contributed by atoms with Crippen LogP contribution in [0.3, 0.4) is 0 Å². The van der Waals surface area contributed by atoms with Gasteiger partial charge in [0.1, 0.15) is 30.5 Å². The summed E-state index contributed by atoms with van der Waals surface area (Å²) in [5, 5.41) is 64.5. The number of carbonyl (C=O) groups excluding carboxylic acids is 1. The summed E-state index contributed by atoms with van der Waals surface area (Å²) in [6.45, 7) is 12.9. The molecule has 0 saturated carbocycles. The van der Waals surface area contributed by atoms with Gasteiger partial charge < -0.3 is 49.9 Å². The first-order chi connectivity index (χ1) is 16.7. The molecule has 36 heavy (non-hydrogen) atoms. The van der Waals surface area contributed by atoms with Crippen molar-refractivity contribution < 1.29 is 49.3 Å². The van der Waals surface area contributed by atoms with E-state index in [4.69, 9.17) is 13.9 Å². The fourth-order valence-corrected chi connectivity index (χ4v) is 11.6. The van der Waals surface area contributed by atoms with Gasteiger partial charge in [0, 0.05) is 12.8 Å². The number of aliphatic hydroxyl groups is 6. The number of ether oxygens (including phenoxy) is 2. The first-order valence-corrected chi connectivity index (χ1v) is 15.1. The number of aliphatic hydroxyl groups excluding tert-OH is 6. The number of hydrogen-bond acceptors (Lipinski definition) is 10. The lowest BCUT2D eigenvalue weighted by Gasteiger charge is -2.51. The summed E-state index contributed by atoms with van der Waals surface area (Å²) in [4.78, 5) is 12.2. The number of rotatable bonds is 10. The molecular formula is C24H47NO10Si. The Morgan fingerprint density at radius 3 is 1.72 bits per heavy atom. The monoisotopic (exact) mass is 537 g/mol. The van der Waals surface area contributed by atoms with Gasteiger partial charge in [0.2, 0.25) is 14.2 Å². The van der Waals surface area contributed by atoms with Gasteiger partial charge in [-0.25, -0.2) is 0 Å². The molecule has 2 heterocycles. The Labute approximate surface area is 214 Å². The number of hydrogen-bond donors (Lipinski definition) is 7. The zero-order chi connectivity index (χ0) is 27.5. The molecule has 1 amide bonds. The Hall–Kier alpha value is -0.673. The maximum Gasteiger partial charge on any atom is 0.217 e. The quantitative estimate of drug-likeness (QED) is 0.182. The molecule has 0 aliphatic carbocycles. The highest BCUT2D eigenvalue weighted by molar-refractivity contribution is 6.77. The number of amides is 1. The number of carbonyl (C=O) groups is 1. The zero-order valence-electron chi connectivity index (χ0n) is 22.4. The molecule has 0 unspecified atom stereocenters. The first-order valence-electron chi connectivity index (χ1n) is 12.9. The molecule has 2 fully saturated rings. The van der Waals surface area contributed by atoms with Crippen LogP contribution in [0.15, 0.2) is 0 Å². The van der Waals surface area contributed by atoms with Crippen LogP contribution < -0.4 is 5.32 Å². The highest BCUT2D eigenvalue weighted by Gasteiger charge is 2.54. The topological polar surface area (TPSA) is 178 Å². The Balaban J connectivity index is 2.48. The normalized spacial score (nSPS) is 38.1. The molecule has 212 valence electrons. The molecule has 2 aliphatic heterocycles. The average Bonchev–Trinajstić information content (AvgIpc) is 2.79. The standard InChI is InChI=1S/C24H47NO10Si/c1-11(2)36(12(3)4,13(5)6)35-24-19(25-14(7)28)15(20(29)17(9-26)34-24)8-16-21(30)23(32)22(31)18(10-27)33-16/h11-13,15-24,26-27,29-32H,8-10H2,1-7H3,(H,25,28)/t15-,16-,17-,18-,19+,20-,21-,22-,23-,24+/m1/s1. The molecule has 0 radical (unpaired) electrons. The molecule has 0 aromatic heterocycles. The van der Waals surface area contributed by atoms with Gasteiger partial charge in [-0.1, -0.05) is 41.5 Å². The maximum absolute atomic E-state index is 12.2. The molecule has 2 saturated heterocycles. The predicted molar refractivity (Wildman–Crippen MR) is 133 cm³/mol. The van der Waals surface area contributed by atoms with Crippen molar-refractivity contribution in [2.45, 2.75) is 127 Å². The summed E-state index contributed by atoms with van der Waals surface area (Å²) in [7, 11) is -2.53. The third-order valence-electron chi connectivity index (χ3n) is 7.96. The fraction of sp³-hybridized carbons (Fsp3) is 0.958. The van der Waals surface area contributed by atoms with Gasteiger partial charge in [-0.2, -0.15) is 0 Å². The molecule has 0 aromatic rings. The van der Waals surface area contributed by atoms with Gasteiger partial charge in [0.05, 0.1) is 31.5 Å². The average molecular weight is 538 g/mol. The van der Waals surface area contributed by atoms with Crippen LogP contribution in [0, 0.1) is 5.92 Å². The van der Waals surface area contributed by atoms with Crippen molar-refractivity contribution in [3.8, 4) is 0 Å². The van der Waals surface area contributed by atoms with E-state index in [-0.39, 0.29) is 29.0 Å². The Bertz CT molecular complexity index is 687. The molecule has 0 spiro atoms. The minimum absolute atomic E-state index is 0.0626. The van der Waals surface area contributed by atoms with E-state index in [0.29, 0.717) is 0 Å². The van der Waals surface area contributed by atoms with Gasteiger partial charge in [-0.15, -0.1) is 0 Å². The van der Waals surface area contributed by atoms with Gasteiger partial charge >= 0.3 is 0 Å². The third-order valence-corrected chi connectivity index (χ3v) is 14.0. The molecule has 10 atom stereocenters. The van der Waals surface area contributed by atoms with Crippen LogP contribution in [-0.2, 0) is 18.7 Å². The van der Waals surface area contributed by atoms with Crippen LogP contribution in [0.2, 0.25) is 16.6 Å². The molecule has 2 aliphatic rings. The highest BCUT2D eigenvalue weighted by atomic mass is 28.4. The van der Waals surface area contributed by atoms with Crippen molar-refractivity contribution in [3.05, 3.63) is 0 Å². The van der Waals surface area contributed by atoms with E-state index in [0.717, 1.165) is 0 Å². The first kappa shape index (κ1) is 31.5. The summed E-state index contributed by atoms with van der Waals surface area (Å²) in [6.07, 6.45) is -10.1. The zero-order valence-corrected chi connectivity index (χ0v) is 23.4. The maximum atomic E-state index is 12.2. The Morgan fingerprint density at radius 2 is 1.28 bits per heavy atom. The Morgan fingerprint density at radius 1 is 0.806 bits per heavy atom. The van der Waals surface area contributed by atoms with Crippen LogP contribution in [0.1, 0.15) is 54.9 Å². The molecule has 0 aromatic carbocycles. The van der Waals surface area contributed by atoms with Crippen molar-refractivity contribution in [1.82, 2.24) is 5.32 Å². The van der Waals surface area contributed by atoms with Crippen LogP contribution in [0.4, 0.5) is 0 Å². The van der Waals surface area contributed by atoms with Crippen LogP contribution >= 0.6 is 0 Å². The van der Waals surface area contributed by atoms with E-state index in [2.05, 4.69) is 46.9 Å². The minimum atomic E-state index is -2.53. The second-order valence-corrected chi connectivity index (χ2v) is 16.6. The molecule has 0 bridgehead atoms. The van der Waals surface area contributed by atoms with E-state index in [9.17, 15) is 35.4 Å². The molecule has 12 heteroatoms. The molecule has 7 N–H and O–H groups in total. The van der Waals surface area contributed by atoms with Crippen molar-refractivity contribution in [2.24, 2.45) is 5.92 Å². The molecule has 11 nitrogen and oxygen atoms in total. The summed E-state index contributed by atoms with van der Waals surface area (Å²) in [5.74, 6) is -1.18.